The summed E-state index contributed by atoms with van der Waals surface area (Å²) in [6.07, 6.45) is 0. The van der Waals surface area contributed by atoms with Gasteiger partial charge in [-0.1, -0.05) is 11.6 Å². The number of halogens is 1. The Morgan fingerprint density at radius 1 is 1.53 bits per heavy atom. The van der Waals surface area contributed by atoms with Crippen LogP contribution in [0.15, 0.2) is 18.2 Å². The van der Waals surface area contributed by atoms with E-state index in [9.17, 15) is 15.2 Å². The Morgan fingerprint density at radius 2 is 2.20 bits per heavy atom. The molecule has 2 rings (SSSR count). The summed E-state index contributed by atoms with van der Waals surface area (Å²) in [5.41, 5.74) is 0.0919. The molecule has 0 atom stereocenters. The molecule has 0 unspecified atom stereocenters. The Labute approximate surface area is 88.1 Å². The molecule has 1 aromatic carbocycles. The van der Waals surface area contributed by atoms with Gasteiger partial charge in [0.05, 0.1) is 0 Å². The maximum Gasteiger partial charge on any atom is 0.424 e. The first kappa shape index (κ1) is 9.60. The smallest absolute Gasteiger partial charge is 0.424 e. The van der Waals surface area contributed by atoms with Crippen molar-refractivity contribution in [3.8, 4) is 0 Å². The summed E-state index contributed by atoms with van der Waals surface area (Å²) >= 11 is 5.64. The fraction of sp³-hybridized carbons (Fsp3) is 0. The lowest BCUT2D eigenvalue weighted by molar-refractivity contribution is -0.583. The van der Waals surface area contributed by atoms with E-state index in [2.05, 4.69) is 0 Å². The third-order valence-electron chi connectivity index (χ3n) is 1.97. The van der Waals surface area contributed by atoms with E-state index < -0.39 is 11.8 Å². The predicted octanol–water partition coefficient (Wildman–Crippen LogP) is 0.864. The van der Waals surface area contributed by atoms with Gasteiger partial charge in [-0.2, -0.15) is 0 Å². The van der Waals surface area contributed by atoms with Crippen molar-refractivity contribution in [2.45, 2.75) is 0 Å². The van der Waals surface area contributed by atoms with E-state index in [0.717, 1.165) is 0 Å². The number of benzene rings is 1. The molecule has 0 fully saturated rings. The van der Waals surface area contributed by atoms with Crippen molar-refractivity contribution in [3.63, 3.8) is 0 Å². The van der Waals surface area contributed by atoms with Crippen LogP contribution in [0.5, 0.6) is 0 Å². The van der Waals surface area contributed by atoms with Crippen molar-refractivity contribution in [2.24, 2.45) is 0 Å². The van der Waals surface area contributed by atoms with Crippen LogP contribution in [0.2, 0.25) is 5.02 Å². The van der Waals surface area contributed by atoms with Crippen molar-refractivity contribution in [3.05, 3.63) is 34.3 Å². The summed E-state index contributed by atoms with van der Waals surface area (Å²) in [7, 11) is 0. The van der Waals surface area contributed by atoms with Crippen LogP contribution in [0.3, 0.4) is 0 Å². The number of carbonyl (C=O) groups is 1. The topological polar surface area (TPSA) is 89.4 Å². The lowest BCUT2D eigenvalue weighted by Crippen LogP contribution is -2.34. The fourth-order valence-electron chi connectivity index (χ4n) is 1.33. The quantitative estimate of drug-likeness (QED) is 0.430. The van der Waals surface area contributed by atoms with Gasteiger partial charge in [-0.05, 0) is 16.9 Å². The van der Waals surface area contributed by atoms with E-state index in [-0.39, 0.29) is 20.8 Å². The zero-order valence-corrected chi connectivity index (χ0v) is 7.97. The van der Waals surface area contributed by atoms with Crippen molar-refractivity contribution in [1.82, 2.24) is 4.73 Å². The number of fused-ring (bicyclic) bond motifs is 1. The Hall–Kier alpha value is -1.95. The molecule has 0 saturated heterocycles. The molecule has 0 spiro atoms. The summed E-state index contributed by atoms with van der Waals surface area (Å²) in [6.45, 7) is 0. The van der Waals surface area contributed by atoms with Gasteiger partial charge in [0.2, 0.25) is 5.52 Å². The van der Waals surface area contributed by atoms with Gasteiger partial charge >= 0.3 is 11.8 Å². The minimum absolute atomic E-state index is 0.00222. The summed E-state index contributed by atoms with van der Waals surface area (Å²) in [6, 6.07) is 4.09. The molecule has 78 valence electrons. The van der Waals surface area contributed by atoms with Gasteiger partial charge in [0.1, 0.15) is 0 Å². The second-order valence-corrected chi connectivity index (χ2v) is 3.30. The van der Waals surface area contributed by atoms with Gasteiger partial charge in [0.15, 0.2) is 5.52 Å². The van der Waals surface area contributed by atoms with E-state index in [1.807, 2.05) is 0 Å². The molecule has 0 aliphatic heterocycles. The molecular formula is C8H5ClN2O4. The van der Waals surface area contributed by atoms with Crippen LogP contribution in [0.1, 0.15) is 10.6 Å². The highest BCUT2D eigenvalue weighted by Gasteiger charge is 2.27. The minimum atomic E-state index is -1.51. The second-order valence-electron chi connectivity index (χ2n) is 2.87. The molecule has 7 heteroatoms. The van der Waals surface area contributed by atoms with Gasteiger partial charge in [-0.3, -0.25) is 0 Å². The first-order valence-corrected chi connectivity index (χ1v) is 4.26. The molecule has 2 aromatic rings. The maximum atomic E-state index is 11.4. The zero-order valence-electron chi connectivity index (χ0n) is 7.22. The van der Waals surface area contributed by atoms with Crippen molar-refractivity contribution < 1.29 is 19.8 Å². The van der Waals surface area contributed by atoms with Crippen LogP contribution in [-0.2, 0) is 0 Å². The highest BCUT2D eigenvalue weighted by Crippen LogP contribution is 2.17. The fourth-order valence-corrected chi connectivity index (χ4v) is 1.50. The van der Waals surface area contributed by atoms with Crippen LogP contribution < -0.4 is 4.73 Å². The molecule has 15 heavy (non-hydrogen) atoms. The predicted molar refractivity (Wildman–Crippen MR) is 50.1 cm³/mol. The molecule has 2 N–H and O–H groups in total. The van der Waals surface area contributed by atoms with Gasteiger partial charge < -0.3 is 15.5 Å². The normalized spacial score (nSPS) is 10.7. The van der Waals surface area contributed by atoms with Crippen molar-refractivity contribution in [1.29, 1.82) is 0 Å². The van der Waals surface area contributed by atoms with Crippen LogP contribution >= 0.6 is 11.6 Å². The molecular weight excluding hydrogens is 224 g/mol. The highest BCUT2D eigenvalue weighted by molar-refractivity contribution is 6.31. The molecule has 6 nitrogen and oxygen atoms in total. The Morgan fingerprint density at radius 3 is 2.80 bits per heavy atom. The Balaban J connectivity index is 2.91. The first-order valence-electron chi connectivity index (χ1n) is 3.88. The van der Waals surface area contributed by atoms with E-state index in [0.29, 0.717) is 4.73 Å². The number of carboxylic acids is 1. The van der Waals surface area contributed by atoms with Crippen LogP contribution in [0.4, 0.5) is 0 Å². The van der Waals surface area contributed by atoms with E-state index in [1.54, 1.807) is 0 Å². The molecule has 0 bridgehead atoms. The number of carboxylic acid groups (broad SMARTS) is 1. The SMILES string of the molecule is O=C(O)c1n(O)c2ccc(Cl)cc2[n+]1[O-]. The number of hydrogen-bond acceptors (Lipinski definition) is 3. The number of aromatic nitrogens is 2. The molecule has 1 aromatic heterocycles. The third kappa shape index (κ3) is 1.26. The second kappa shape index (κ2) is 3.03. The first-order chi connectivity index (χ1) is 7.02. The highest BCUT2D eigenvalue weighted by atomic mass is 35.5. The largest absolute Gasteiger partial charge is 0.710 e. The standard InChI is InChI=1S/C8H5ClN2O4/c9-4-1-2-5-6(3-4)11(15)7(8(12)13)10(5)14/h1-3,14H,(H,12,13). The molecule has 0 aliphatic rings. The average Bonchev–Trinajstić information content (AvgIpc) is 2.39. The molecule has 0 radical (unpaired) electrons. The summed E-state index contributed by atoms with van der Waals surface area (Å²) in [4.78, 5) is 10.7. The van der Waals surface area contributed by atoms with E-state index >= 15 is 0 Å². The van der Waals surface area contributed by atoms with Gasteiger partial charge in [-0.25, -0.2) is 9.52 Å². The molecule has 0 saturated carbocycles. The van der Waals surface area contributed by atoms with Crippen molar-refractivity contribution >= 4 is 28.6 Å². The average molecular weight is 229 g/mol. The third-order valence-corrected chi connectivity index (χ3v) is 2.20. The van der Waals surface area contributed by atoms with Crippen LogP contribution in [0.25, 0.3) is 11.0 Å². The number of nitrogens with zero attached hydrogens (tertiary/aromatic N) is 2. The summed E-state index contributed by atoms with van der Waals surface area (Å²) in [5, 5.41) is 29.8. The molecule has 1 heterocycles. The monoisotopic (exact) mass is 228 g/mol. The maximum absolute atomic E-state index is 11.4. The number of imidazole rings is 1. The Kier molecular flexibility index (Phi) is 1.94. The molecule has 0 amide bonds. The van der Waals surface area contributed by atoms with Gasteiger partial charge in [-0.15, -0.1) is 0 Å². The number of aromatic carboxylic acids is 1. The van der Waals surface area contributed by atoms with E-state index in [1.165, 1.54) is 18.2 Å². The van der Waals surface area contributed by atoms with Gasteiger partial charge in [0.25, 0.3) is 0 Å². The summed E-state index contributed by atoms with van der Waals surface area (Å²) in [5.74, 6) is -2.29. The molecule has 0 aliphatic carbocycles. The van der Waals surface area contributed by atoms with Crippen LogP contribution in [-0.4, -0.2) is 21.0 Å². The van der Waals surface area contributed by atoms with Crippen molar-refractivity contribution in [2.75, 3.05) is 0 Å². The minimum Gasteiger partial charge on any atom is -0.710 e. The van der Waals surface area contributed by atoms with Gasteiger partial charge in [0, 0.05) is 11.1 Å². The lowest BCUT2D eigenvalue weighted by Gasteiger charge is -1.98. The number of rotatable bonds is 1. The zero-order chi connectivity index (χ0) is 11.2. The van der Waals surface area contributed by atoms with Crippen LogP contribution in [0, 0.1) is 5.21 Å². The summed E-state index contributed by atoms with van der Waals surface area (Å²) < 4.78 is 0.435. The Bertz CT molecular complexity index is 563. The van der Waals surface area contributed by atoms with E-state index in [4.69, 9.17) is 16.7 Å². The lowest BCUT2D eigenvalue weighted by atomic mass is 10.3. The number of hydrogen-bond donors (Lipinski definition) is 2.